The summed E-state index contributed by atoms with van der Waals surface area (Å²) in [6.45, 7) is 7.11. The monoisotopic (exact) mass is 476 g/mol. The maximum atomic E-state index is 13.3. The number of carbonyl (C=O) groups excluding carboxylic acids is 2. The van der Waals surface area contributed by atoms with Crippen molar-refractivity contribution in [1.82, 2.24) is 10.0 Å². The van der Waals surface area contributed by atoms with Crippen molar-refractivity contribution in [1.29, 1.82) is 0 Å². The van der Waals surface area contributed by atoms with Gasteiger partial charge in [-0.05, 0) is 57.1 Å². The zero-order valence-electron chi connectivity index (χ0n) is 19.1. The third kappa shape index (κ3) is 4.36. The van der Waals surface area contributed by atoms with Gasteiger partial charge in [-0.1, -0.05) is 50.2 Å². The van der Waals surface area contributed by atoms with Gasteiger partial charge in [0.05, 0.1) is 20.1 Å². The molecule has 4 rings (SSSR count). The smallest absolute Gasteiger partial charge is 0.279 e. The molecule has 32 heavy (non-hydrogen) atoms. The molecule has 2 heterocycles. The normalized spacial score (nSPS) is 19.0. The Labute approximate surface area is 198 Å². The van der Waals surface area contributed by atoms with Crippen LogP contribution in [0.5, 0.6) is 11.5 Å². The predicted octanol–water partition coefficient (Wildman–Crippen LogP) is 5.62. The topological polar surface area (TPSA) is 70.1 Å². The van der Waals surface area contributed by atoms with Crippen molar-refractivity contribution in [2.75, 3.05) is 13.1 Å². The summed E-state index contributed by atoms with van der Waals surface area (Å²) in [5.41, 5.74) is 0.974. The minimum absolute atomic E-state index is 0.189. The van der Waals surface area contributed by atoms with Crippen LogP contribution < -0.4 is 4.74 Å². The lowest BCUT2D eigenvalue weighted by molar-refractivity contribution is -0.147. The lowest BCUT2D eigenvalue weighted by atomic mass is 10.2. The van der Waals surface area contributed by atoms with E-state index in [9.17, 15) is 14.7 Å². The molecule has 3 aliphatic rings. The highest BCUT2D eigenvalue weighted by atomic mass is 32.2. The van der Waals surface area contributed by atoms with Gasteiger partial charge < -0.3 is 9.84 Å². The minimum atomic E-state index is -0.225. The van der Waals surface area contributed by atoms with Gasteiger partial charge in [0.15, 0.2) is 0 Å². The van der Waals surface area contributed by atoms with Crippen molar-refractivity contribution in [2.24, 2.45) is 0 Å². The number of thioether (sulfide) groups is 2. The van der Waals surface area contributed by atoms with Crippen LogP contribution in [0.1, 0.15) is 70.8 Å². The standard InChI is InChI=1S/C24H32N2O4S2/c1-4-6-12-25-22(28)18(23(29)26(25)13-7-5-2)24-31-20-17(30-16-10-8-9-11-16)14-15(3)19(27)21(20)32-24/h14,16,27H,4-13H2,1-3H3. The molecule has 0 aromatic heterocycles. The maximum absolute atomic E-state index is 13.3. The molecule has 1 aliphatic carbocycles. The van der Waals surface area contributed by atoms with Gasteiger partial charge in [-0.25, -0.2) is 10.0 Å². The second kappa shape index (κ2) is 10.00. The van der Waals surface area contributed by atoms with Crippen LogP contribution in [0.3, 0.4) is 0 Å². The molecule has 0 radical (unpaired) electrons. The van der Waals surface area contributed by atoms with E-state index in [0.717, 1.165) is 54.7 Å². The summed E-state index contributed by atoms with van der Waals surface area (Å²) in [6.07, 6.45) is 8.22. The molecule has 1 saturated heterocycles. The zero-order valence-corrected chi connectivity index (χ0v) is 20.7. The van der Waals surface area contributed by atoms with Gasteiger partial charge in [-0.3, -0.25) is 9.59 Å². The van der Waals surface area contributed by atoms with Crippen molar-refractivity contribution in [3.8, 4) is 11.5 Å². The van der Waals surface area contributed by atoms with Crippen LogP contribution in [0.25, 0.3) is 0 Å². The van der Waals surface area contributed by atoms with E-state index in [-0.39, 0.29) is 29.2 Å². The van der Waals surface area contributed by atoms with E-state index < -0.39 is 0 Å². The third-order valence-corrected chi connectivity index (χ3v) is 8.81. The van der Waals surface area contributed by atoms with Crippen LogP contribution in [-0.2, 0) is 9.59 Å². The fraction of sp³-hybridized carbons (Fsp3) is 0.583. The molecule has 8 heteroatoms. The second-order valence-corrected chi connectivity index (χ2v) is 11.0. The molecule has 6 nitrogen and oxygen atoms in total. The summed E-state index contributed by atoms with van der Waals surface area (Å²) >= 11 is 2.71. The summed E-state index contributed by atoms with van der Waals surface area (Å²) in [7, 11) is 0. The van der Waals surface area contributed by atoms with Gasteiger partial charge in [-0.2, -0.15) is 0 Å². The largest absolute Gasteiger partial charge is 0.506 e. The Balaban J connectivity index is 1.67. The molecule has 1 aromatic rings. The Kier molecular flexibility index (Phi) is 7.30. The average Bonchev–Trinajstić information content (AvgIpc) is 3.48. The second-order valence-electron chi connectivity index (χ2n) is 8.65. The van der Waals surface area contributed by atoms with Crippen molar-refractivity contribution < 1.29 is 19.4 Å². The van der Waals surface area contributed by atoms with E-state index in [4.69, 9.17) is 4.74 Å². The van der Waals surface area contributed by atoms with E-state index in [1.165, 1.54) is 36.4 Å². The molecule has 1 N–H and O–H groups in total. The number of hydrogen-bond donors (Lipinski definition) is 1. The highest BCUT2D eigenvalue weighted by Gasteiger charge is 2.44. The summed E-state index contributed by atoms with van der Waals surface area (Å²) in [6, 6.07) is 1.88. The molecule has 2 amide bonds. The molecule has 174 valence electrons. The maximum Gasteiger partial charge on any atom is 0.279 e. The van der Waals surface area contributed by atoms with Crippen molar-refractivity contribution in [3.63, 3.8) is 0 Å². The number of ether oxygens (including phenoxy) is 1. The third-order valence-electron chi connectivity index (χ3n) is 6.19. The highest BCUT2D eigenvalue weighted by molar-refractivity contribution is 8.25. The van der Waals surface area contributed by atoms with E-state index in [1.54, 1.807) is 10.0 Å². The number of nitrogens with zero attached hydrogens (tertiary/aromatic N) is 2. The summed E-state index contributed by atoms with van der Waals surface area (Å²) in [5.74, 6) is 0.503. The number of amides is 2. The van der Waals surface area contributed by atoms with E-state index in [1.807, 2.05) is 13.0 Å². The van der Waals surface area contributed by atoms with Crippen LogP contribution in [-0.4, -0.2) is 46.1 Å². The van der Waals surface area contributed by atoms with Crippen LogP contribution in [0.4, 0.5) is 0 Å². The Morgan fingerprint density at radius 2 is 1.56 bits per heavy atom. The predicted molar refractivity (Wildman–Crippen MR) is 128 cm³/mol. The van der Waals surface area contributed by atoms with E-state index in [0.29, 0.717) is 22.2 Å². The lowest BCUT2D eigenvalue weighted by Crippen LogP contribution is -2.42. The number of fused-ring (bicyclic) bond motifs is 1. The molecule has 2 aliphatic heterocycles. The number of aromatic hydroxyl groups is 1. The molecule has 0 spiro atoms. The quantitative estimate of drug-likeness (QED) is 0.388. The zero-order chi connectivity index (χ0) is 22.8. The van der Waals surface area contributed by atoms with Gasteiger partial charge in [0, 0.05) is 13.1 Å². The van der Waals surface area contributed by atoms with Crippen molar-refractivity contribution >= 4 is 35.3 Å². The van der Waals surface area contributed by atoms with Crippen molar-refractivity contribution in [2.45, 2.75) is 88.0 Å². The van der Waals surface area contributed by atoms with Gasteiger partial charge >= 0.3 is 0 Å². The number of phenols is 1. The first-order valence-corrected chi connectivity index (χ1v) is 13.4. The fourth-order valence-corrected chi connectivity index (χ4v) is 6.99. The highest BCUT2D eigenvalue weighted by Crippen LogP contribution is 2.60. The Hall–Kier alpha value is -1.80. The molecular formula is C24H32N2O4S2. The summed E-state index contributed by atoms with van der Waals surface area (Å²) < 4.78 is 6.95. The van der Waals surface area contributed by atoms with Crippen LogP contribution in [0.15, 0.2) is 25.7 Å². The summed E-state index contributed by atoms with van der Waals surface area (Å²) in [5, 5.41) is 14.0. The first-order valence-electron chi connectivity index (χ1n) is 11.7. The number of phenolic OH excluding ortho intramolecular Hbond substituents is 1. The minimum Gasteiger partial charge on any atom is -0.506 e. The first-order chi connectivity index (χ1) is 15.5. The molecular weight excluding hydrogens is 444 g/mol. The SMILES string of the molecule is CCCCN1C(=O)C(=C2Sc3c(OC4CCCC4)cc(C)c(O)c3S2)C(=O)N1CCCC. The van der Waals surface area contributed by atoms with Gasteiger partial charge in [-0.15, -0.1) is 0 Å². The lowest BCUT2D eigenvalue weighted by Gasteiger charge is -2.27. The number of hydrogen-bond acceptors (Lipinski definition) is 6. The first kappa shape index (κ1) is 23.4. The molecule has 1 saturated carbocycles. The number of unbranched alkanes of at least 4 members (excludes halogenated alkanes) is 2. The Morgan fingerprint density at radius 1 is 1.00 bits per heavy atom. The van der Waals surface area contributed by atoms with Gasteiger partial charge in [0.25, 0.3) is 11.8 Å². The number of rotatable bonds is 8. The number of aryl methyl sites for hydroxylation is 1. The number of benzene rings is 1. The van der Waals surface area contributed by atoms with Gasteiger partial charge in [0.1, 0.15) is 17.1 Å². The van der Waals surface area contributed by atoms with E-state index >= 15 is 0 Å². The molecule has 0 unspecified atom stereocenters. The average molecular weight is 477 g/mol. The fourth-order valence-electron chi connectivity index (χ4n) is 4.31. The van der Waals surface area contributed by atoms with Crippen LogP contribution >= 0.6 is 23.5 Å². The molecule has 1 aromatic carbocycles. The Morgan fingerprint density at radius 3 is 2.12 bits per heavy atom. The molecule has 0 bridgehead atoms. The van der Waals surface area contributed by atoms with E-state index in [2.05, 4.69) is 13.8 Å². The Bertz CT molecular complexity index is 912. The van der Waals surface area contributed by atoms with Crippen LogP contribution in [0.2, 0.25) is 0 Å². The number of carbonyl (C=O) groups is 2. The van der Waals surface area contributed by atoms with Crippen molar-refractivity contribution in [3.05, 3.63) is 21.4 Å². The van der Waals surface area contributed by atoms with Crippen LogP contribution in [0, 0.1) is 6.92 Å². The molecule has 2 fully saturated rings. The summed E-state index contributed by atoms with van der Waals surface area (Å²) in [4.78, 5) is 28.2. The number of hydrazine groups is 1. The molecule has 0 atom stereocenters. The van der Waals surface area contributed by atoms with Gasteiger partial charge in [0.2, 0.25) is 0 Å².